The highest BCUT2D eigenvalue weighted by Crippen LogP contribution is 1.66. The molecule has 2 nitrogen and oxygen atoms in total. The van der Waals surface area contributed by atoms with Gasteiger partial charge in [0.05, 0.1) is 0 Å². The van der Waals surface area contributed by atoms with Gasteiger partial charge in [-0.2, -0.15) is 0 Å². The van der Waals surface area contributed by atoms with Crippen LogP contribution in [0.2, 0.25) is 0 Å². The summed E-state index contributed by atoms with van der Waals surface area (Å²) in [7, 11) is 1.95. The van der Waals surface area contributed by atoms with E-state index in [0.29, 0.717) is 6.04 Å². The van der Waals surface area contributed by atoms with E-state index in [0.717, 1.165) is 0 Å². The predicted octanol–water partition coefficient (Wildman–Crippen LogP) is 0.776. The molecular weight excluding hydrogens is 76.1 g/mol. The molecule has 6 heavy (non-hydrogen) atoms. The van der Waals surface area contributed by atoms with E-state index >= 15 is 0 Å². The first kappa shape index (κ1) is 9.33. The number of nitrogens with one attached hydrogen (secondary N) is 1. The van der Waals surface area contributed by atoms with Gasteiger partial charge in [-0.05, 0) is 7.05 Å². The molecule has 0 saturated carbocycles. The third-order valence-electron chi connectivity index (χ3n) is 0.577. The molecule has 0 fully saturated rings. The first-order valence-corrected chi connectivity index (χ1v) is 1.94. The minimum atomic E-state index is 0. The van der Waals surface area contributed by atoms with Crippen molar-refractivity contribution in [3.8, 4) is 0 Å². The summed E-state index contributed by atoms with van der Waals surface area (Å²) in [6.45, 7) is 4.22. The van der Waals surface area contributed by atoms with Crippen LogP contribution in [0, 0.1) is 0 Å². The molecule has 0 saturated heterocycles. The average molecular weight is 90.2 g/mol. The number of hydrogen-bond donors (Lipinski definition) is 2. The van der Waals surface area contributed by atoms with E-state index in [-0.39, 0.29) is 6.15 Å². The van der Waals surface area contributed by atoms with Gasteiger partial charge in [-0.15, -0.1) is 0 Å². The van der Waals surface area contributed by atoms with Crippen LogP contribution in [0.15, 0.2) is 0 Å². The van der Waals surface area contributed by atoms with Crippen LogP contribution in [0.5, 0.6) is 0 Å². The van der Waals surface area contributed by atoms with Crippen LogP contribution in [0.25, 0.3) is 0 Å². The van der Waals surface area contributed by atoms with Crippen molar-refractivity contribution < 1.29 is 0 Å². The van der Waals surface area contributed by atoms with Gasteiger partial charge < -0.3 is 11.5 Å². The fourth-order valence-electron chi connectivity index (χ4n) is 0. The van der Waals surface area contributed by atoms with Gasteiger partial charge >= 0.3 is 0 Å². The van der Waals surface area contributed by atoms with Crippen molar-refractivity contribution >= 4 is 0 Å². The summed E-state index contributed by atoms with van der Waals surface area (Å²) in [6, 6.07) is 0.634. The SMILES string of the molecule is CNC(C)C.N. The second-order valence-electron chi connectivity index (χ2n) is 1.44. The number of rotatable bonds is 1. The fraction of sp³-hybridized carbons (Fsp3) is 1.00. The maximum Gasteiger partial charge on any atom is 0.000733 e. The lowest BCUT2D eigenvalue weighted by molar-refractivity contribution is 0.668. The van der Waals surface area contributed by atoms with E-state index in [9.17, 15) is 0 Å². The van der Waals surface area contributed by atoms with Crippen LogP contribution in [0.1, 0.15) is 13.8 Å². The van der Waals surface area contributed by atoms with E-state index in [1.54, 1.807) is 0 Å². The number of hydrogen-bond acceptors (Lipinski definition) is 2. The van der Waals surface area contributed by atoms with Gasteiger partial charge in [0, 0.05) is 6.04 Å². The molecule has 0 bridgehead atoms. The molecule has 0 rings (SSSR count). The molecule has 0 spiro atoms. The fourth-order valence-corrected chi connectivity index (χ4v) is 0. The van der Waals surface area contributed by atoms with Gasteiger partial charge in [0.1, 0.15) is 0 Å². The third kappa shape index (κ3) is 9.07. The average Bonchev–Trinajstić information content (AvgIpc) is 1.38. The van der Waals surface area contributed by atoms with Gasteiger partial charge in [0.15, 0.2) is 0 Å². The first-order valence-electron chi connectivity index (χ1n) is 1.94. The Balaban J connectivity index is 0. The van der Waals surface area contributed by atoms with Crippen LogP contribution in [-0.4, -0.2) is 13.1 Å². The predicted molar refractivity (Wildman–Crippen MR) is 29.2 cm³/mol. The van der Waals surface area contributed by atoms with Crippen LogP contribution in [-0.2, 0) is 0 Å². The molecular formula is C4H14N2. The molecule has 0 aliphatic carbocycles. The lowest BCUT2D eigenvalue weighted by Crippen LogP contribution is -2.15. The summed E-state index contributed by atoms with van der Waals surface area (Å²) in [5, 5.41) is 3.03. The highest BCUT2D eigenvalue weighted by Gasteiger charge is 1.76. The lowest BCUT2D eigenvalue weighted by atomic mass is 10.4. The maximum atomic E-state index is 3.03. The zero-order chi connectivity index (χ0) is 4.28. The molecule has 0 heterocycles. The Bertz CT molecular complexity index is 19.5. The zero-order valence-corrected chi connectivity index (χ0v) is 4.78. The Hall–Kier alpha value is -0.0800. The Morgan fingerprint density at radius 1 is 1.33 bits per heavy atom. The maximum absolute atomic E-state index is 3.03. The topological polar surface area (TPSA) is 47.0 Å². The van der Waals surface area contributed by atoms with Crippen molar-refractivity contribution in [3.05, 3.63) is 0 Å². The van der Waals surface area contributed by atoms with Gasteiger partial charge in [0.2, 0.25) is 0 Å². The van der Waals surface area contributed by atoms with Crippen LogP contribution < -0.4 is 11.5 Å². The summed E-state index contributed by atoms with van der Waals surface area (Å²) in [5.74, 6) is 0. The molecule has 4 N–H and O–H groups in total. The van der Waals surface area contributed by atoms with E-state index in [1.807, 2.05) is 7.05 Å². The standard InChI is InChI=1S/C4H11N.H3N/c1-4(2)5-3;/h4-5H,1-3H3;1H3. The second kappa shape index (κ2) is 4.92. The normalized spacial score (nSPS) is 8.00. The molecule has 2 heteroatoms. The van der Waals surface area contributed by atoms with Crippen molar-refractivity contribution in [1.82, 2.24) is 11.5 Å². The second-order valence-corrected chi connectivity index (χ2v) is 1.44. The quantitative estimate of drug-likeness (QED) is 0.499. The molecule has 0 radical (unpaired) electrons. The van der Waals surface area contributed by atoms with Crippen molar-refractivity contribution in [2.75, 3.05) is 7.05 Å². The Labute approximate surface area is 39.5 Å². The molecule has 40 valence electrons. The van der Waals surface area contributed by atoms with Gasteiger partial charge in [-0.25, -0.2) is 0 Å². The summed E-state index contributed by atoms with van der Waals surface area (Å²) in [6.07, 6.45) is 0. The zero-order valence-electron chi connectivity index (χ0n) is 4.78. The molecule has 0 aromatic carbocycles. The van der Waals surface area contributed by atoms with E-state index in [4.69, 9.17) is 0 Å². The Kier molecular flexibility index (Phi) is 7.65. The highest BCUT2D eigenvalue weighted by atomic mass is 14.8. The molecule has 0 aromatic heterocycles. The van der Waals surface area contributed by atoms with Crippen molar-refractivity contribution in [3.63, 3.8) is 0 Å². The van der Waals surface area contributed by atoms with Crippen LogP contribution in [0.4, 0.5) is 0 Å². The van der Waals surface area contributed by atoms with E-state index < -0.39 is 0 Å². The molecule has 0 aliphatic heterocycles. The van der Waals surface area contributed by atoms with Crippen molar-refractivity contribution in [1.29, 1.82) is 0 Å². The van der Waals surface area contributed by atoms with Crippen LogP contribution >= 0.6 is 0 Å². The monoisotopic (exact) mass is 90.1 g/mol. The molecule has 0 aliphatic rings. The molecule has 0 aromatic rings. The minimum Gasteiger partial charge on any atom is -0.344 e. The minimum absolute atomic E-state index is 0. The molecule has 0 amide bonds. The highest BCUT2D eigenvalue weighted by molar-refractivity contribution is 4.40. The van der Waals surface area contributed by atoms with Crippen LogP contribution in [0.3, 0.4) is 0 Å². The summed E-state index contributed by atoms with van der Waals surface area (Å²) in [5.41, 5.74) is 0. The van der Waals surface area contributed by atoms with Crippen molar-refractivity contribution in [2.24, 2.45) is 0 Å². The first-order chi connectivity index (χ1) is 2.27. The Morgan fingerprint density at radius 3 is 1.50 bits per heavy atom. The summed E-state index contributed by atoms with van der Waals surface area (Å²) in [4.78, 5) is 0. The largest absolute Gasteiger partial charge is 0.344 e. The van der Waals surface area contributed by atoms with Gasteiger partial charge in [-0.3, -0.25) is 0 Å². The lowest BCUT2D eigenvalue weighted by Gasteiger charge is -1.95. The van der Waals surface area contributed by atoms with Gasteiger partial charge in [0.25, 0.3) is 0 Å². The Morgan fingerprint density at radius 2 is 1.50 bits per heavy atom. The summed E-state index contributed by atoms with van der Waals surface area (Å²) >= 11 is 0. The molecule has 0 atom stereocenters. The smallest absolute Gasteiger partial charge is 0.000733 e. The molecule has 0 unspecified atom stereocenters. The van der Waals surface area contributed by atoms with Crippen molar-refractivity contribution in [2.45, 2.75) is 19.9 Å². The van der Waals surface area contributed by atoms with E-state index in [1.165, 1.54) is 0 Å². The van der Waals surface area contributed by atoms with E-state index in [2.05, 4.69) is 19.2 Å². The summed E-state index contributed by atoms with van der Waals surface area (Å²) < 4.78 is 0. The third-order valence-corrected chi connectivity index (χ3v) is 0.577. The van der Waals surface area contributed by atoms with Gasteiger partial charge in [-0.1, -0.05) is 13.8 Å².